The molecule has 1 unspecified atom stereocenters. The molecule has 24 heavy (non-hydrogen) atoms. The summed E-state index contributed by atoms with van der Waals surface area (Å²) in [5.41, 5.74) is -0.0229. The Morgan fingerprint density at radius 2 is 2.17 bits per heavy atom. The van der Waals surface area contributed by atoms with Gasteiger partial charge in [-0.15, -0.1) is 0 Å². The van der Waals surface area contributed by atoms with Gasteiger partial charge in [0.15, 0.2) is 0 Å². The molecule has 1 spiro atoms. The first-order valence-electron chi connectivity index (χ1n) is 8.62. The summed E-state index contributed by atoms with van der Waals surface area (Å²) in [4.78, 5) is 18.7. The minimum atomic E-state index is -0.474. The maximum atomic E-state index is 12.6. The largest absolute Gasteiger partial charge is 0.444 e. The Morgan fingerprint density at radius 3 is 2.79 bits per heavy atom. The highest BCUT2D eigenvalue weighted by Gasteiger charge is 2.49. The lowest BCUT2D eigenvalue weighted by atomic mass is 9.88. The van der Waals surface area contributed by atoms with Crippen LogP contribution in [0.25, 0.3) is 0 Å². The monoisotopic (exact) mass is 351 g/mol. The fraction of sp³-hybridized carbons (Fsp3) is 0.667. The molecule has 2 fully saturated rings. The molecule has 5 nitrogen and oxygen atoms in total. The lowest BCUT2D eigenvalue weighted by molar-refractivity contribution is 0.00462. The maximum absolute atomic E-state index is 12.6. The van der Waals surface area contributed by atoms with E-state index in [1.54, 1.807) is 6.07 Å². The second kappa shape index (κ2) is 6.43. The molecule has 3 rings (SSSR count). The smallest absolute Gasteiger partial charge is 0.410 e. The van der Waals surface area contributed by atoms with Gasteiger partial charge in [-0.25, -0.2) is 9.78 Å². The standard InChI is InChI=1S/C18H26ClN3O2/c1-17(2,3)24-16(23)22-10-9-18(7-8-18)11-13(22)12-20-15-6-4-5-14(19)21-15/h4-6,13H,7-12H2,1-3H3,(H,20,21). The summed E-state index contributed by atoms with van der Waals surface area (Å²) in [7, 11) is 0. The quantitative estimate of drug-likeness (QED) is 0.823. The molecule has 1 aromatic heterocycles. The molecule has 1 aliphatic carbocycles. The van der Waals surface area contributed by atoms with Gasteiger partial charge in [0, 0.05) is 13.1 Å². The number of nitrogens with zero attached hydrogens (tertiary/aromatic N) is 2. The number of carbonyl (C=O) groups is 1. The second-order valence-electron chi connectivity index (χ2n) is 8.01. The van der Waals surface area contributed by atoms with E-state index < -0.39 is 5.60 Å². The minimum absolute atomic E-state index is 0.122. The number of hydrogen-bond donors (Lipinski definition) is 1. The zero-order chi connectivity index (χ0) is 17.4. The van der Waals surface area contributed by atoms with Crippen molar-refractivity contribution in [2.45, 2.75) is 58.1 Å². The first kappa shape index (κ1) is 17.3. The second-order valence-corrected chi connectivity index (χ2v) is 8.40. The minimum Gasteiger partial charge on any atom is -0.444 e. The van der Waals surface area contributed by atoms with Gasteiger partial charge >= 0.3 is 6.09 Å². The molecule has 0 bridgehead atoms. The van der Waals surface area contributed by atoms with Crippen LogP contribution < -0.4 is 5.32 Å². The Labute approximate surface area is 148 Å². The molecule has 2 heterocycles. The number of nitrogens with one attached hydrogen (secondary N) is 1. The van der Waals surface area contributed by atoms with Crippen molar-refractivity contribution in [2.75, 3.05) is 18.4 Å². The molecule has 0 aromatic carbocycles. The van der Waals surface area contributed by atoms with E-state index in [0.717, 1.165) is 25.2 Å². The molecule has 2 aliphatic rings. The van der Waals surface area contributed by atoms with Gasteiger partial charge in [-0.05, 0) is 64.0 Å². The molecule has 1 atom stereocenters. The van der Waals surface area contributed by atoms with Gasteiger partial charge in [-0.2, -0.15) is 0 Å². The number of rotatable bonds is 3. The van der Waals surface area contributed by atoms with Crippen LogP contribution in [0.4, 0.5) is 10.6 Å². The third-order valence-corrected chi connectivity index (χ3v) is 5.02. The normalized spacial score (nSPS) is 22.3. The van der Waals surface area contributed by atoms with E-state index in [9.17, 15) is 4.79 Å². The van der Waals surface area contributed by atoms with Gasteiger partial charge in [0.2, 0.25) is 0 Å². The van der Waals surface area contributed by atoms with Gasteiger partial charge in [0.25, 0.3) is 0 Å². The molecular weight excluding hydrogens is 326 g/mol. The lowest BCUT2D eigenvalue weighted by Gasteiger charge is -2.40. The van der Waals surface area contributed by atoms with E-state index in [2.05, 4.69) is 10.3 Å². The predicted octanol–water partition coefficient (Wildman–Crippen LogP) is 4.33. The average Bonchev–Trinajstić information content (AvgIpc) is 3.22. The molecule has 1 amide bonds. The van der Waals surface area contributed by atoms with Crippen molar-refractivity contribution in [1.82, 2.24) is 9.88 Å². The Balaban J connectivity index is 1.66. The highest BCUT2D eigenvalue weighted by molar-refractivity contribution is 6.29. The SMILES string of the molecule is CC(C)(C)OC(=O)N1CCC2(CC2)CC1CNc1cccc(Cl)n1. The predicted molar refractivity (Wildman–Crippen MR) is 95.4 cm³/mol. The highest BCUT2D eigenvalue weighted by Crippen LogP contribution is 2.55. The van der Waals surface area contributed by atoms with Gasteiger partial charge in [0.1, 0.15) is 16.6 Å². The van der Waals surface area contributed by atoms with Gasteiger partial charge < -0.3 is 15.0 Å². The number of anilines is 1. The van der Waals surface area contributed by atoms with Crippen molar-refractivity contribution in [1.29, 1.82) is 0 Å². The highest BCUT2D eigenvalue weighted by atomic mass is 35.5. The molecule has 132 valence electrons. The Morgan fingerprint density at radius 1 is 1.42 bits per heavy atom. The maximum Gasteiger partial charge on any atom is 0.410 e. The summed E-state index contributed by atoms with van der Waals surface area (Å²) in [6, 6.07) is 5.63. The number of hydrogen-bond acceptors (Lipinski definition) is 4. The number of likely N-dealkylation sites (tertiary alicyclic amines) is 1. The van der Waals surface area contributed by atoms with Gasteiger partial charge in [-0.1, -0.05) is 17.7 Å². The van der Waals surface area contributed by atoms with Crippen LogP contribution in [0.2, 0.25) is 5.15 Å². The summed E-state index contributed by atoms with van der Waals surface area (Å²) in [6.07, 6.45) is 4.45. The van der Waals surface area contributed by atoms with Gasteiger partial charge in [-0.3, -0.25) is 0 Å². The summed E-state index contributed by atoms with van der Waals surface area (Å²) in [5.74, 6) is 0.738. The fourth-order valence-electron chi connectivity index (χ4n) is 3.36. The van der Waals surface area contributed by atoms with Crippen LogP contribution in [0.3, 0.4) is 0 Å². The van der Waals surface area contributed by atoms with Crippen LogP contribution in [0.1, 0.15) is 46.5 Å². The topological polar surface area (TPSA) is 54.5 Å². The Hall–Kier alpha value is -1.49. The summed E-state index contributed by atoms with van der Waals surface area (Å²) in [5, 5.41) is 3.79. The molecule has 1 aliphatic heterocycles. The van der Waals surface area contributed by atoms with Crippen molar-refractivity contribution in [3.63, 3.8) is 0 Å². The molecule has 1 aromatic rings. The number of carbonyl (C=O) groups excluding carboxylic acids is 1. The number of halogens is 1. The van der Waals surface area contributed by atoms with Crippen molar-refractivity contribution in [3.05, 3.63) is 23.4 Å². The molecule has 1 saturated carbocycles. The fourth-order valence-corrected chi connectivity index (χ4v) is 3.52. The number of pyridine rings is 1. The van der Waals surface area contributed by atoms with Crippen LogP contribution in [-0.4, -0.2) is 40.7 Å². The summed E-state index contributed by atoms with van der Waals surface area (Å²) >= 11 is 5.94. The van der Waals surface area contributed by atoms with E-state index in [1.807, 2.05) is 37.8 Å². The Bertz CT molecular complexity index is 611. The first-order chi connectivity index (χ1) is 11.3. The van der Waals surface area contributed by atoms with E-state index in [4.69, 9.17) is 16.3 Å². The van der Waals surface area contributed by atoms with E-state index in [-0.39, 0.29) is 12.1 Å². The molecule has 1 saturated heterocycles. The summed E-state index contributed by atoms with van der Waals surface area (Å²) in [6.45, 7) is 7.14. The van der Waals surface area contributed by atoms with Crippen LogP contribution in [-0.2, 0) is 4.74 Å². The van der Waals surface area contributed by atoms with Crippen molar-refractivity contribution in [2.24, 2.45) is 5.41 Å². The number of piperidine rings is 1. The zero-order valence-electron chi connectivity index (χ0n) is 14.6. The van der Waals surface area contributed by atoms with Crippen LogP contribution in [0.15, 0.2) is 18.2 Å². The third kappa shape index (κ3) is 4.32. The zero-order valence-corrected chi connectivity index (χ0v) is 15.4. The number of aromatic nitrogens is 1. The summed E-state index contributed by atoms with van der Waals surface area (Å²) < 4.78 is 5.59. The average molecular weight is 352 g/mol. The molecule has 1 N–H and O–H groups in total. The number of ether oxygens (including phenoxy) is 1. The van der Waals surface area contributed by atoms with Crippen LogP contribution in [0.5, 0.6) is 0 Å². The van der Waals surface area contributed by atoms with Crippen molar-refractivity contribution < 1.29 is 9.53 Å². The first-order valence-corrected chi connectivity index (χ1v) is 9.00. The van der Waals surface area contributed by atoms with Crippen LogP contribution in [0, 0.1) is 5.41 Å². The van der Waals surface area contributed by atoms with E-state index in [1.165, 1.54) is 12.8 Å². The van der Waals surface area contributed by atoms with Gasteiger partial charge in [0.05, 0.1) is 6.04 Å². The van der Waals surface area contributed by atoms with Crippen molar-refractivity contribution >= 4 is 23.5 Å². The van der Waals surface area contributed by atoms with E-state index in [0.29, 0.717) is 17.1 Å². The van der Waals surface area contributed by atoms with E-state index >= 15 is 0 Å². The number of amides is 1. The lowest BCUT2D eigenvalue weighted by Crippen LogP contribution is -2.51. The molecule has 0 radical (unpaired) electrons. The van der Waals surface area contributed by atoms with Crippen LogP contribution >= 0.6 is 11.6 Å². The molecule has 6 heteroatoms. The third-order valence-electron chi connectivity index (χ3n) is 4.81. The van der Waals surface area contributed by atoms with Crippen molar-refractivity contribution in [3.8, 4) is 0 Å². The Kier molecular flexibility index (Phi) is 4.65. The molecular formula is C18H26ClN3O2.